The summed E-state index contributed by atoms with van der Waals surface area (Å²) < 4.78 is 10.1. The number of nitro groups is 1. The molecular weight excluding hydrogens is 294 g/mol. The van der Waals surface area contributed by atoms with E-state index in [0.717, 1.165) is 0 Å². The molecule has 17 heavy (non-hydrogen) atoms. The molecule has 0 aliphatic carbocycles. The Bertz CT molecular complexity index is 460. The van der Waals surface area contributed by atoms with Crippen LogP contribution in [0.1, 0.15) is 17.3 Å². The lowest BCUT2D eigenvalue weighted by Gasteiger charge is -2.08. The van der Waals surface area contributed by atoms with Gasteiger partial charge in [-0.2, -0.15) is 0 Å². The molecule has 0 fully saturated rings. The third kappa shape index (κ3) is 2.94. The molecular formula is C10H10BrNO5. The molecule has 1 aromatic carbocycles. The summed E-state index contributed by atoms with van der Waals surface area (Å²) in [6, 6.07) is 2.69. The van der Waals surface area contributed by atoms with Crippen LogP contribution in [0.4, 0.5) is 5.69 Å². The Balaban J connectivity index is 3.37. The van der Waals surface area contributed by atoms with E-state index in [4.69, 9.17) is 9.47 Å². The van der Waals surface area contributed by atoms with Gasteiger partial charge in [0.1, 0.15) is 5.56 Å². The molecule has 0 atom stereocenters. The van der Waals surface area contributed by atoms with Crippen LogP contribution >= 0.6 is 15.9 Å². The van der Waals surface area contributed by atoms with Gasteiger partial charge in [-0.15, -0.1) is 0 Å². The molecule has 0 heterocycles. The predicted octanol–water partition coefficient (Wildman–Crippen LogP) is 2.54. The van der Waals surface area contributed by atoms with Crippen molar-refractivity contribution in [1.29, 1.82) is 0 Å². The zero-order valence-electron chi connectivity index (χ0n) is 9.23. The van der Waals surface area contributed by atoms with E-state index in [1.807, 2.05) is 0 Å². The third-order valence-corrected chi connectivity index (χ3v) is 2.39. The molecule has 1 aromatic rings. The van der Waals surface area contributed by atoms with Gasteiger partial charge in [-0.25, -0.2) is 4.79 Å². The summed E-state index contributed by atoms with van der Waals surface area (Å²) >= 11 is 3.10. The summed E-state index contributed by atoms with van der Waals surface area (Å²) in [5.74, 6) is -0.759. The second kappa shape index (κ2) is 5.62. The summed E-state index contributed by atoms with van der Waals surface area (Å²) in [4.78, 5) is 21.8. The van der Waals surface area contributed by atoms with E-state index in [1.165, 1.54) is 19.2 Å². The highest BCUT2D eigenvalue weighted by Crippen LogP contribution is 2.34. The fraction of sp³-hybridized carbons (Fsp3) is 0.300. The van der Waals surface area contributed by atoms with Crippen molar-refractivity contribution in [3.63, 3.8) is 0 Å². The van der Waals surface area contributed by atoms with Crippen molar-refractivity contribution >= 4 is 27.6 Å². The Labute approximate surface area is 106 Å². The minimum Gasteiger partial charge on any atom is -0.490 e. The van der Waals surface area contributed by atoms with Gasteiger partial charge in [0.15, 0.2) is 0 Å². The van der Waals surface area contributed by atoms with Crippen molar-refractivity contribution in [2.75, 3.05) is 13.7 Å². The van der Waals surface area contributed by atoms with Crippen LogP contribution in [-0.4, -0.2) is 24.6 Å². The largest absolute Gasteiger partial charge is 0.490 e. The fourth-order valence-corrected chi connectivity index (χ4v) is 1.74. The van der Waals surface area contributed by atoms with E-state index in [-0.39, 0.29) is 23.6 Å². The standard InChI is InChI=1S/C10H10BrNO5/c1-3-17-10(13)7-4-6(11)5-8(12(14)15)9(7)16-2/h4-5H,3H2,1-2H3. The third-order valence-electron chi connectivity index (χ3n) is 1.93. The minimum atomic E-state index is -0.659. The number of benzene rings is 1. The summed E-state index contributed by atoms with van der Waals surface area (Å²) in [7, 11) is 1.26. The van der Waals surface area contributed by atoms with Crippen molar-refractivity contribution in [3.05, 3.63) is 32.3 Å². The zero-order valence-corrected chi connectivity index (χ0v) is 10.8. The lowest BCUT2D eigenvalue weighted by molar-refractivity contribution is -0.385. The first-order valence-electron chi connectivity index (χ1n) is 4.70. The monoisotopic (exact) mass is 303 g/mol. The van der Waals surface area contributed by atoms with Crippen LogP contribution < -0.4 is 4.74 Å². The Morgan fingerprint density at radius 3 is 2.65 bits per heavy atom. The number of hydrogen-bond donors (Lipinski definition) is 0. The van der Waals surface area contributed by atoms with Crippen LogP contribution in [0.5, 0.6) is 5.75 Å². The molecule has 92 valence electrons. The van der Waals surface area contributed by atoms with Gasteiger partial charge >= 0.3 is 11.7 Å². The summed E-state index contributed by atoms with van der Waals surface area (Å²) in [6.07, 6.45) is 0. The van der Waals surface area contributed by atoms with Crippen LogP contribution in [0.2, 0.25) is 0 Å². The summed E-state index contributed by atoms with van der Waals surface area (Å²) in [6.45, 7) is 1.83. The van der Waals surface area contributed by atoms with Gasteiger partial charge in [-0.3, -0.25) is 10.1 Å². The molecule has 6 nitrogen and oxygen atoms in total. The van der Waals surface area contributed by atoms with E-state index in [0.29, 0.717) is 4.47 Å². The number of halogens is 1. The molecule has 0 amide bonds. The Morgan fingerprint density at radius 1 is 1.53 bits per heavy atom. The number of nitrogens with zero attached hydrogens (tertiary/aromatic N) is 1. The molecule has 0 saturated carbocycles. The quantitative estimate of drug-likeness (QED) is 0.485. The topological polar surface area (TPSA) is 78.7 Å². The number of rotatable bonds is 4. The fourth-order valence-electron chi connectivity index (χ4n) is 1.29. The number of carbonyl (C=O) groups is 1. The van der Waals surface area contributed by atoms with Crippen molar-refractivity contribution in [3.8, 4) is 5.75 Å². The molecule has 0 unspecified atom stereocenters. The lowest BCUT2D eigenvalue weighted by atomic mass is 10.1. The molecule has 0 bridgehead atoms. The number of nitro benzene ring substituents is 1. The first-order chi connectivity index (χ1) is 8.01. The van der Waals surface area contributed by atoms with Gasteiger partial charge in [0, 0.05) is 10.5 Å². The molecule has 0 spiro atoms. The molecule has 0 radical (unpaired) electrons. The number of ether oxygens (including phenoxy) is 2. The van der Waals surface area contributed by atoms with Crippen LogP contribution in [0.15, 0.2) is 16.6 Å². The van der Waals surface area contributed by atoms with Gasteiger partial charge in [-0.05, 0) is 13.0 Å². The maximum Gasteiger partial charge on any atom is 0.342 e. The number of methoxy groups -OCH3 is 1. The van der Waals surface area contributed by atoms with E-state index in [2.05, 4.69) is 15.9 Å². The van der Waals surface area contributed by atoms with Crippen LogP contribution in [0.25, 0.3) is 0 Å². The van der Waals surface area contributed by atoms with Crippen molar-refractivity contribution < 1.29 is 19.2 Å². The number of hydrogen-bond acceptors (Lipinski definition) is 5. The first-order valence-corrected chi connectivity index (χ1v) is 5.49. The van der Waals surface area contributed by atoms with Gasteiger partial charge in [0.05, 0.1) is 18.6 Å². The maximum atomic E-state index is 11.6. The Hall–Kier alpha value is -1.63. The van der Waals surface area contributed by atoms with Gasteiger partial charge in [0.2, 0.25) is 5.75 Å². The maximum absolute atomic E-state index is 11.6. The Morgan fingerprint density at radius 2 is 2.18 bits per heavy atom. The predicted molar refractivity (Wildman–Crippen MR) is 63.3 cm³/mol. The zero-order chi connectivity index (χ0) is 13.0. The average molecular weight is 304 g/mol. The SMILES string of the molecule is CCOC(=O)c1cc(Br)cc([N+](=O)[O-])c1OC. The highest BCUT2D eigenvalue weighted by Gasteiger charge is 2.24. The van der Waals surface area contributed by atoms with Crippen molar-refractivity contribution in [1.82, 2.24) is 0 Å². The summed E-state index contributed by atoms with van der Waals surface area (Å²) in [5.41, 5.74) is -0.264. The van der Waals surface area contributed by atoms with E-state index in [1.54, 1.807) is 6.92 Å². The molecule has 7 heteroatoms. The highest BCUT2D eigenvalue weighted by atomic mass is 79.9. The second-order valence-corrected chi connectivity index (χ2v) is 3.90. The normalized spacial score (nSPS) is 9.82. The van der Waals surface area contributed by atoms with E-state index < -0.39 is 10.9 Å². The van der Waals surface area contributed by atoms with E-state index in [9.17, 15) is 14.9 Å². The smallest absolute Gasteiger partial charge is 0.342 e. The molecule has 0 saturated heterocycles. The number of carbonyl (C=O) groups excluding carboxylic acids is 1. The van der Waals surface area contributed by atoms with Crippen LogP contribution in [0, 0.1) is 10.1 Å². The minimum absolute atomic E-state index is 0.0235. The second-order valence-electron chi connectivity index (χ2n) is 2.98. The van der Waals surface area contributed by atoms with Gasteiger partial charge < -0.3 is 9.47 Å². The highest BCUT2D eigenvalue weighted by molar-refractivity contribution is 9.10. The molecule has 1 rings (SSSR count). The van der Waals surface area contributed by atoms with E-state index >= 15 is 0 Å². The summed E-state index contributed by atoms with van der Waals surface area (Å²) in [5, 5.41) is 10.8. The molecule has 0 aliphatic rings. The van der Waals surface area contributed by atoms with Crippen molar-refractivity contribution in [2.45, 2.75) is 6.92 Å². The van der Waals surface area contributed by atoms with Crippen LogP contribution in [-0.2, 0) is 4.74 Å². The van der Waals surface area contributed by atoms with Crippen molar-refractivity contribution in [2.24, 2.45) is 0 Å². The van der Waals surface area contributed by atoms with Gasteiger partial charge in [-0.1, -0.05) is 15.9 Å². The molecule has 0 aromatic heterocycles. The lowest BCUT2D eigenvalue weighted by Crippen LogP contribution is -2.08. The molecule has 0 N–H and O–H groups in total. The van der Waals surface area contributed by atoms with Gasteiger partial charge in [0.25, 0.3) is 0 Å². The molecule has 0 aliphatic heterocycles. The Kier molecular flexibility index (Phi) is 4.45. The average Bonchev–Trinajstić information content (AvgIpc) is 2.28. The van der Waals surface area contributed by atoms with Crippen LogP contribution in [0.3, 0.4) is 0 Å². The number of esters is 1. The first kappa shape index (κ1) is 13.4.